The Labute approximate surface area is 149 Å². The second-order valence-corrected chi connectivity index (χ2v) is 5.84. The molecule has 0 aliphatic carbocycles. The van der Waals surface area contributed by atoms with Crippen molar-refractivity contribution in [3.05, 3.63) is 59.2 Å². The van der Waals surface area contributed by atoms with Gasteiger partial charge in [0.15, 0.2) is 0 Å². The van der Waals surface area contributed by atoms with Crippen LogP contribution in [0, 0.1) is 18.8 Å². The fraction of sp³-hybridized carbons (Fsp3) is 0.263. The van der Waals surface area contributed by atoms with Crippen molar-refractivity contribution in [2.75, 3.05) is 12.4 Å². The lowest BCUT2D eigenvalue weighted by atomic mass is 10.0. The van der Waals surface area contributed by atoms with Gasteiger partial charge in [0.25, 0.3) is 6.43 Å². The molecule has 0 saturated heterocycles. The molecule has 1 atom stereocenters. The summed E-state index contributed by atoms with van der Waals surface area (Å²) in [6.45, 7) is 3.42. The number of nitrogens with zero attached hydrogens (tertiary/aromatic N) is 2. The molecule has 2 aromatic carbocycles. The molecule has 7 heteroatoms. The highest BCUT2D eigenvalue weighted by molar-refractivity contribution is 5.90. The number of rotatable bonds is 5. The van der Waals surface area contributed by atoms with Crippen LogP contribution < -0.4 is 10.1 Å². The molecule has 0 aliphatic heterocycles. The van der Waals surface area contributed by atoms with Crippen molar-refractivity contribution < 1.29 is 17.9 Å². The molecule has 0 aliphatic rings. The molecule has 0 unspecified atom stereocenters. The maximum atomic E-state index is 14.4. The normalized spacial score (nSPS) is 12.4. The Morgan fingerprint density at radius 1 is 1.19 bits per heavy atom. The monoisotopic (exact) mass is 360 g/mol. The van der Waals surface area contributed by atoms with Crippen molar-refractivity contribution in [1.82, 2.24) is 9.97 Å². The molecule has 1 heterocycles. The molecule has 1 aromatic heterocycles. The molecule has 1 radical (unpaired) electrons. The highest BCUT2D eigenvalue weighted by atomic mass is 19.3. The van der Waals surface area contributed by atoms with E-state index >= 15 is 0 Å². The number of benzene rings is 2. The lowest BCUT2D eigenvalue weighted by molar-refractivity contribution is 0.146. The number of aryl methyl sites for hydroxylation is 1. The second-order valence-electron chi connectivity index (χ2n) is 5.84. The Morgan fingerprint density at radius 2 is 1.92 bits per heavy atom. The van der Waals surface area contributed by atoms with Gasteiger partial charge in [0.05, 0.1) is 24.2 Å². The van der Waals surface area contributed by atoms with Crippen LogP contribution in [-0.2, 0) is 0 Å². The number of fused-ring (bicyclic) bond motifs is 1. The van der Waals surface area contributed by atoms with Gasteiger partial charge in [0.1, 0.15) is 23.2 Å². The number of halogens is 3. The molecule has 1 N–H and O–H groups in total. The van der Waals surface area contributed by atoms with Crippen molar-refractivity contribution in [3.63, 3.8) is 0 Å². The molecule has 0 saturated carbocycles. The quantitative estimate of drug-likeness (QED) is 0.696. The maximum Gasteiger partial charge on any atom is 0.266 e. The van der Waals surface area contributed by atoms with E-state index in [0.717, 1.165) is 6.07 Å². The number of hydrogen-bond acceptors (Lipinski definition) is 4. The van der Waals surface area contributed by atoms with E-state index in [0.29, 0.717) is 28.3 Å². The first-order valence-corrected chi connectivity index (χ1v) is 7.97. The molecule has 135 valence electrons. The molecule has 3 rings (SSSR count). The number of ether oxygens (including phenoxy) is 1. The Morgan fingerprint density at radius 3 is 2.62 bits per heavy atom. The third-order valence-corrected chi connectivity index (χ3v) is 4.05. The first-order chi connectivity index (χ1) is 12.4. The topological polar surface area (TPSA) is 47.0 Å². The van der Waals surface area contributed by atoms with Crippen LogP contribution in [0.2, 0.25) is 0 Å². The van der Waals surface area contributed by atoms with Gasteiger partial charge in [-0.3, -0.25) is 0 Å². The first kappa shape index (κ1) is 18.0. The van der Waals surface area contributed by atoms with E-state index in [1.165, 1.54) is 19.2 Å². The van der Waals surface area contributed by atoms with E-state index in [2.05, 4.69) is 21.4 Å². The van der Waals surface area contributed by atoms with Crippen LogP contribution in [-0.4, -0.2) is 17.1 Å². The average Bonchev–Trinajstić information content (AvgIpc) is 2.61. The highest BCUT2D eigenvalue weighted by Crippen LogP contribution is 2.31. The third kappa shape index (κ3) is 3.42. The van der Waals surface area contributed by atoms with Crippen LogP contribution in [0.15, 0.2) is 30.3 Å². The first-order valence-electron chi connectivity index (χ1n) is 7.97. The van der Waals surface area contributed by atoms with Crippen molar-refractivity contribution in [2.45, 2.75) is 26.3 Å². The Balaban J connectivity index is 2.02. The van der Waals surface area contributed by atoms with Crippen molar-refractivity contribution in [3.8, 4) is 5.75 Å². The molecule has 4 nitrogen and oxygen atoms in total. The van der Waals surface area contributed by atoms with Crippen molar-refractivity contribution in [2.24, 2.45) is 0 Å². The van der Waals surface area contributed by atoms with Gasteiger partial charge < -0.3 is 10.1 Å². The van der Waals surface area contributed by atoms with E-state index in [1.54, 1.807) is 26.0 Å². The zero-order valence-electron chi connectivity index (χ0n) is 14.5. The van der Waals surface area contributed by atoms with Crippen LogP contribution in [0.25, 0.3) is 10.9 Å². The number of methoxy groups -OCH3 is 1. The Hall–Kier alpha value is -2.83. The fourth-order valence-corrected chi connectivity index (χ4v) is 2.75. The highest BCUT2D eigenvalue weighted by Gasteiger charge is 2.20. The van der Waals surface area contributed by atoms with Crippen LogP contribution in [0.5, 0.6) is 5.75 Å². The zero-order chi connectivity index (χ0) is 18.8. The van der Waals surface area contributed by atoms with Crippen LogP contribution in [0.1, 0.15) is 36.3 Å². The van der Waals surface area contributed by atoms with Crippen LogP contribution in [0.3, 0.4) is 0 Å². The van der Waals surface area contributed by atoms with E-state index in [-0.39, 0.29) is 5.56 Å². The summed E-state index contributed by atoms with van der Waals surface area (Å²) in [7, 11) is 1.52. The predicted octanol–water partition coefficient (Wildman–Crippen LogP) is 5.00. The number of hydrogen-bond donors (Lipinski definition) is 1. The summed E-state index contributed by atoms with van der Waals surface area (Å²) in [5.41, 5.74) is 0.174. The van der Waals surface area contributed by atoms with Crippen molar-refractivity contribution >= 4 is 16.7 Å². The number of anilines is 1. The molecule has 26 heavy (non-hydrogen) atoms. The largest absolute Gasteiger partial charge is 0.496 e. The van der Waals surface area contributed by atoms with Crippen molar-refractivity contribution in [1.29, 1.82) is 0 Å². The van der Waals surface area contributed by atoms with Gasteiger partial charge in [0, 0.05) is 17.0 Å². The summed E-state index contributed by atoms with van der Waals surface area (Å²) in [6, 6.07) is 9.74. The zero-order valence-corrected chi connectivity index (χ0v) is 14.5. The number of aromatic nitrogens is 2. The van der Waals surface area contributed by atoms with Gasteiger partial charge >= 0.3 is 0 Å². The van der Waals surface area contributed by atoms with E-state index in [9.17, 15) is 13.2 Å². The third-order valence-electron chi connectivity index (χ3n) is 4.05. The van der Waals surface area contributed by atoms with E-state index < -0.39 is 23.8 Å². The standard InChI is InChI=1S/C19H17F3N3O/c1-10(13-5-4-6-14(17(13)20)18(21)22)23-19-15-9-12(26-3)7-8-16(15)24-11(2)25-19/h4-6,8-10,18H,1-3H3,(H,23,24,25)/t10-/m1/s1. The van der Waals surface area contributed by atoms with E-state index in [4.69, 9.17) is 4.74 Å². The van der Waals surface area contributed by atoms with Crippen LogP contribution in [0.4, 0.5) is 19.0 Å². The smallest absolute Gasteiger partial charge is 0.266 e. The minimum atomic E-state index is -2.87. The second kappa shape index (κ2) is 7.19. The predicted molar refractivity (Wildman–Crippen MR) is 93.1 cm³/mol. The molecule has 0 spiro atoms. The summed E-state index contributed by atoms with van der Waals surface area (Å²) < 4.78 is 45.5. The average molecular weight is 360 g/mol. The Bertz CT molecular complexity index is 947. The number of nitrogens with one attached hydrogen (secondary N) is 1. The fourth-order valence-electron chi connectivity index (χ4n) is 2.75. The van der Waals surface area contributed by atoms with Gasteiger partial charge in [-0.15, -0.1) is 0 Å². The summed E-state index contributed by atoms with van der Waals surface area (Å²) in [4.78, 5) is 8.70. The minimum Gasteiger partial charge on any atom is -0.496 e. The summed E-state index contributed by atoms with van der Waals surface area (Å²) in [5, 5.41) is 3.76. The van der Waals surface area contributed by atoms with Gasteiger partial charge in [-0.1, -0.05) is 18.2 Å². The van der Waals surface area contributed by atoms with Gasteiger partial charge in [-0.05, 0) is 26.0 Å². The molecule has 0 bridgehead atoms. The Kier molecular flexibility index (Phi) is 4.97. The lowest BCUT2D eigenvalue weighted by Gasteiger charge is -2.18. The summed E-state index contributed by atoms with van der Waals surface area (Å²) >= 11 is 0. The SMILES string of the molecule is COc1[c]cc2nc(C)nc(N[C@H](C)c3cccc(C(F)F)c3F)c2c1. The van der Waals surface area contributed by atoms with Gasteiger partial charge in [0.2, 0.25) is 0 Å². The maximum absolute atomic E-state index is 14.4. The summed E-state index contributed by atoms with van der Waals surface area (Å²) in [5.74, 6) is 0.580. The summed E-state index contributed by atoms with van der Waals surface area (Å²) in [6.07, 6.45) is -2.87. The number of alkyl halides is 2. The van der Waals surface area contributed by atoms with Gasteiger partial charge in [-0.25, -0.2) is 23.1 Å². The molecule has 0 amide bonds. The van der Waals surface area contributed by atoms with Gasteiger partial charge in [-0.2, -0.15) is 0 Å². The minimum absolute atomic E-state index is 0.140. The van der Waals surface area contributed by atoms with E-state index in [1.807, 2.05) is 0 Å². The molecular weight excluding hydrogens is 343 g/mol. The van der Waals surface area contributed by atoms with Crippen LogP contribution >= 0.6 is 0 Å². The lowest BCUT2D eigenvalue weighted by Crippen LogP contribution is -2.12. The molecule has 0 fully saturated rings. The molecular formula is C19H17F3N3O. The molecule has 3 aromatic rings.